The molecule has 0 atom stereocenters. The van der Waals surface area contributed by atoms with Crippen molar-refractivity contribution in [2.75, 3.05) is 5.75 Å². The number of amides is 1. The second-order valence-corrected chi connectivity index (χ2v) is 9.91. The summed E-state index contributed by atoms with van der Waals surface area (Å²) in [6.45, 7) is 1.81. The highest BCUT2D eigenvalue weighted by Gasteiger charge is 2.21. The van der Waals surface area contributed by atoms with Crippen molar-refractivity contribution in [1.82, 2.24) is 19.1 Å². The second-order valence-electron chi connectivity index (χ2n) is 7.63. The largest absolute Gasteiger partial charge is 0.444 e. The van der Waals surface area contributed by atoms with E-state index in [0.29, 0.717) is 10.7 Å². The molecule has 0 aliphatic carbocycles. The lowest BCUT2D eigenvalue weighted by atomic mass is 10.2. The third-order valence-corrected chi connectivity index (χ3v) is 6.72. The SMILES string of the molecule is Cc1nn(C)c(-n2ccc3cc(Cl)ccc32)c1CCS(=O)(=O)NC(=O)OCc1ccccc1. The Bertz CT molecular complexity index is 1410. The Morgan fingerprint density at radius 1 is 1.15 bits per heavy atom. The predicted octanol–water partition coefficient (Wildman–Crippen LogP) is 4.12. The summed E-state index contributed by atoms with van der Waals surface area (Å²) in [4.78, 5) is 12.0. The van der Waals surface area contributed by atoms with Gasteiger partial charge in [0.05, 0.1) is 17.0 Å². The number of halogens is 1. The van der Waals surface area contributed by atoms with Crippen LogP contribution in [0.25, 0.3) is 16.7 Å². The molecule has 0 aliphatic heterocycles. The van der Waals surface area contributed by atoms with Crippen molar-refractivity contribution in [3.63, 3.8) is 0 Å². The van der Waals surface area contributed by atoms with Crippen molar-refractivity contribution in [1.29, 1.82) is 0 Å². The molecule has 0 bridgehead atoms. The number of aromatic nitrogens is 3. The first-order valence-corrected chi connectivity index (χ1v) is 12.3. The smallest absolute Gasteiger partial charge is 0.421 e. The summed E-state index contributed by atoms with van der Waals surface area (Å²) in [7, 11) is -2.11. The van der Waals surface area contributed by atoms with E-state index in [1.165, 1.54) is 0 Å². The van der Waals surface area contributed by atoms with Gasteiger partial charge < -0.3 is 9.30 Å². The molecular formula is C23H23ClN4O4S. The van der Waals surface area contributed by atoms with Crippen LogP contribution >= 0.6 is 11.6 Å². The van der Waals surface area contributed by atoms with Crippen molar-refractivity contribution in [2.45, 2.75) is 20.0 Å². The summed E-state index contributed by atoms with van der Waals surface area (Å²) in [5.41, 5.74) is 3.17. The molecule has 0 saturated carbocycles. The van der Waals surface area contributed by atoms with Gasteiger partial charge in [0.1, 0.15) is 12.4 Å². The molecule has 0 fully saturated rings. The number of hydrogen-bond donors (Lipinski definition) is 1. The lowest BCUT2D eigenvalue weighted by molar-refractivity contribution is 0.146. The Morgan fingerprint density at radius 2 is 1.91 bits per heavy atom. The van der Waals surface area contributed by atoms with Gasteiger partial charge in [-0.15, -0.1) is 0 Å². The maximum atomic E-state index is 12.5. The fraction of sp³-hybridized carbons (Fsp3) is 0.217. The van der Waals surface area contributed by atoms with Crippen LogP contribution in [0.2, 0.25) is 5.02 Å². The quantitative estimate of drug-likeness (QED) is 0.424. The van der Waals surface area contributed by atoms with Gasteiger partial charge in [0.2, 0.25) is 10.0 Å². The van der Waals surface area contributed by atoms with E-state index in [2.05, 4.69) is 5.10 Å². The number of fused-ring (bicyclic) bond motifs is 1. The molecule has 172 valence electrons. The molecule has 0 aliphatic rings. The van der Waals surface area contributed by atoms with E-state index in [0.717, 1.165) is 27.8 Å². The molecular weight excluding hydrogens is 464 g/mol. The monoisotopic (exact) mass is 486 g/mol. The Hall–Kier alpha value is -3.30. The summed E-state index contributed by atoms with van der Waals surface area (Å²) in [5.74, 6) is 0.463. The van der Waals surface area contributed by atoms with Gasteiger partial charge in [0.25, 0.3) is 0 Å². The number of carbonyl (C=O) groups is 1. The van der Waals surface area contributed by atoms with E-state index < -0.39 is 16.1 Å². The van der Waals surface area contributed by atoms with E-state index in [-0.39, 0.29) is 18.8 Å². The zero-order valence-electron chi connectivity index (χ0n) is 18.2. The molecule has 33 heavy (non-hydrogen) atoms. The van der Waals surface area contributed by atoms with Gasteiger partial charge in [0.15, 0.2) is 0 Å². The van der Waals surface area contributed by atoms with Crippen molar-refractivity contribution in [3.8, 4) is 5.82 Å². The molecule has 1 N–H and O–H groups in total. The number of carbonyl (C=O) groups excluding carboxylic acids is 1. The first kappa shape index (κ1) is 22.9. The molecule has 2 heterocycles. The normalized spacial score (nSPS) is 11.6. The summed E-state index contributed by atoms with van der Waals surface area (Å²) in [6, 6.07) is 16.5. The van der Waals surface area contributed by atoms with Gasteiger partial charge in [-0.3, -0.25) is 4.68 Å². The van der Waals surface area contributed by atoms with Crippen molar-refractivity contribution >= 4 is 38.6 Å². The molecule has 0 unspecified atom stereocenters. The number of ether oxygens (including phenoxy) is 1. The molecule has 2 aromatic carbocycles. The number of hydrogen-bond acceptors (Lipinski definition) is 5. The van der Waals surface area contributed by atoms with Crippen LogP contribution < -0.4 is 4.72 Å². The van der Waals surface area contributed by atoms with Crippen LogP contribution in [-0.4, -0.2) is 34.6 Å². The fourth-order valence-corrected chi connectivity index (χ4v) is 4.82. The molecule has 0 radical (unpaired) electrons. The zero-order chi connectivity index (χ0) is 23.6. The van der Waals surface area contributed by atoms with Gasteiger partial charge in [0, 0.05) is 29.2 Å². The Labute approximate surface area is 196 Å². The standard InChI is InChI=1S/C23H23ClN4O4S/c1-16-20(11-13-33(30,31)26-23(29)32-15-17-6-4-3-5-7-17)22(27(2)25-16)28-12-10-18-14-19(24)8-9-21(18)28/h3-10,12,14H,11,13,15H2,1-2H3,(H,26,29). The van der Waals surface area contributed by atoms with Crippen LogP contribution in [0.5, 0.6) is 0 Å². The summed E-state index contributed by atoms with van der Waals surface area (Å²) in [6.07, 6.45) is 1.06. The van der Waals surface area contributed by atoms with Gasteiger partial charge >= 0.3 is 6.09 Å². The summed E-state index contributed by atoms with van der Waals surface area (Å²) in [5, 5.41) is 6.08. The minimum Gasteiger partial charge on any atom is -0.444 e. The van der Waals surface area contributed by atoms with Crippen LogP contribution in [-0.2, 0) is 34.8 Å². The summed E-state index contributed by atoms with van der Waals surface area (Å²) < 4.78 is 35.7. The van der Waals surface area contributed by atoms with E-state index in [4.69, 9.17) is 16.3 Å². The highest BCUT2D eigenvalue weighted by atomic mass is 35.5. The maximum Gasteiger partial charge on any atom is 0.421 e. The molecule has 1 amide bonds. The minimum absolute atomic E-state index is 0.0151. The van der Waals surface area contributed by atoms with Crippen LogP contribution in [0.15, 0.2) is 60.8 Å². The molecule has 4 aromatic rings. The number of rotatable bonds is 7. The number of sulfonamides is 1. The number of benzene rings is 2. The number of nitrogens with one attached hydrogen (secondary N) is 1. The fourth-order valence-electron chi connectivity index (χ4n) is 3.75. The zero-order valence-corrected chi connectivity index (χ0v) is 19.7. The van der Waals surface area contributed by atoms with Crippen LogP contribution in [0.1, 0.15) is 16.8 Å². The first-order chi connectivity index (χ1) is 15.7. The average molecular weight is 487 g/mol. The van der Waals surface area contributed by atoms with Gasteiger partial charge in [-0.2, -0.15) is 5.10 Å². The Kier molecular flexibility index (Phi) is 6.44. The van der Waals surface area contributed by atoms with Crippen LogP contribution in [0.3, 0.4) is 0 Å². The van der Waals surface area contributed by atoms with E-state index in [9.17, 15) is 13.2 Å². The molecule has 0 spiro atoms. The predicted molar refractivity (Wildman–Crippen MR) is 127 cm³/mol. The minimum atomic E-state index is -3.91. The molecule has 10 heteroatoms. The lowest BCUT2D eigenvalue weighted by Gasteiger charge is -2.11. The van der Waals surface area contributed by atoms with Gasteiger partial charge in [-0.05, 0) is 43.2 Å². The topological polar surface area (TPSA) is 95.2 Å². The third kappa shape index (κ3) is 5.20. The number of nitrogens with zero attached hydrogens (tertiary/aromatic N) is 3. The maximum absolute atomic E-state index is 12.5. The van der Waals surface area contributed by atoms with E-state index in [1.807, 2.05) is 58.8 Å². The van der Waals surface area contributed by atoms with Crippen LogP contribution in [0, 0.1) is 6.92 Å². The first-order valence-electron chi connectivity index (χ1n) is 10.2. The highest BCUT2D eigenvalue weighted by Crippen LogP contribution is 2.27. The van der Waals surface area contributed by atoms with Crippen molar-refractivity contribution < 1.29 is 17.9 Å². The Morgan fingerprint density at radius 3 is 2.67 bits per heavy atom. The van der Waals surface area contributed by atoms with Crippen LogP contribution in [0.4, 0.5) is 4.79 Å². The van der Waals surface area contributed by atoms with E-state index in [1.54, 1.807) is 29.9 Å². The average Bonchev–Trinajstić information content (AvgIpc) is 3.29. The van der Waals surface area contributed by atoms with E-state index >= 15 is 0 Å². The summed E-state index contributed by atoms with van der Waals surface area (Å²) >= 11 is 6.10. The molecule has 8 nitrogen and oxygen atoms in total. The Balaban J connectivity index is 1.48. The number of aryl methyl sites for hydroxylation is 2. The van der Waals surface area contributed by atoms with Gasteiger partial charge in [-0.25, -0.2) is 17.9 Å². The molecule has 2 aromatic heterocycles. The molecule has 4 rings (SSSR count). The third-order valence-electron chi connectivity index (χ3n) is 5.27. The lowest BCUT2D eigenvalue weighted by Crippen LogP contribution is -2.33. The van der Waals surface area contributed by atoms with Crippen molar-refractivity contribution in [3.05, 3.63) is 82.6 Å². The second kappa shape index (κ2) is 9.29. The highest BCUT2D eigenvalue weighted by molar-refractivity contribution is 7.90. The molecule has 0 saturated heterocycles. The van der Waals surface area contributed by atoms with Gasteiger partial charge in [-0.1, -0.05) is 41.9 Å². The van der Waals surface area contributed by atoms with Crippen molar-refractivity contribution in [2.24, 2.45) is 7.05 Å².